The topological polar surface area (TPSA) is 75.4 Å². The minimum atomic E-state index is -0.441. The lowest BCUT2D eigenvalue weighted by molar-refractivity contribution is -0.129. The van der Waals surface area contributed by atoms with Gasteiger partial charge >= 0.3 is 0 Å². The second kappa shape index (κ2) is 6.33. The Morgan fingerprint density at radius 1 is 1.21 bits per heavy atom. The fraction of sp³-hybridized carbons (Fsp3) is 0.429. The lowest BCUT2D eigenvalue weighted by Gasteiger charge is -2.15. The average Bonchev–Trinajstić information content (AvgIpc) is 2.93. The highest BCUT2D eigenvalue weighted by Crippen LogP contribution is 2.09. The van der Waals surface area contributed by atoms with E-state index in [0.717, 1.165) is 31.5 Å². The summed E-state index contributed by atoms with van der Waals surface area (Å²) in [6, 6.07) is 7.17. The standard InChI is InChI=1S/C14H19N3O2/c15-14(19)12-6-2-1-5-11(12)9-16-10-13(18)17-7-3-4-8-17/h1-2,5-6,16H,3-4,7-10H2,(H2,15,19). The number of primary amides is 1. The third kappa shape index (κ3) is 3.54. The molecular weight excluding hydrogens is 242 g/mol. The minimum Gasteiger partial charge on any atom is -0.366 e. The molecule has 1 heterocycles. The van der Waals surface area contributed by atoms with Gasteiger partial charge in [-0.3, -0.25) is 9.59 Å². The fourth-order valence-electron chi connectivity index (χ4n) is 2.30. The summed E-state index contributed by atoms with van der Waals surface area (Å²) in [5, 5.41) is 3.07. The second-order valence-corrected chi connectivity index (χ2v) is 4.71. The predicted octanol–water partition coefficient (Wildman–Crippen LogP) is 0.497. The van der Waals surface area contributed by atoms with Crippen molar-refractivity contribution in [3.63, 3.8) is 0 Å². The molecular formula is C14H19N3O2. The number of rotatable bonds is 5. The van der Waals surface area contributed by atoms with Crippen molar-refractivity contribution >= 4 is 11.8 Å². The number of nitrogens with one attached hydrogen (secondary N) is 1. The molecule has 0 bridgehead atoms. The van der Waals surface area contributed by atoms with E-state index in [1.165, 1.54) is 0 Å². The molecule has 102 valence electrons. The molecule has 2 rings (SSSR count). The zero-order chi connectivity index (χ0) is 13.7. The summed E-state index contributed by atoms with van der Waals surface area (Å²) < 4.78 is 0. The predicted molar refractivity (Wildman–Crippen MR) is 72.5 cm³/mol. The molecule has 0 spiro atoms. The van der Waals surface area contributed by atoms with E-state index >= 15 is 0 Å². The zero-order valence-corrected chi connectivity index (χ0v) is 10.9. The molecule has 1 aromatic rings. The van der Waals surface area contributed by atoms with Crippen LogP contribution in [-0.2, 0) is 11.3 Å². The van der Waals surface area contributed by atoms with Crippen molar-refractivity contribution in [2.45, 2.75) is 19.4 Å². The van der Waals surface area contributed by atoms with Crippen molar-refractivity contribution in [2.24, 2.45) is 5.73 Å². The highest BCUT2D eigenvalue weighted by Gasteiger charge is 2.17. The van der Waals surface area contributed by atoms with Crippen molar-refractivity contribution in [3.05, 3.63) is 35.4 Å². The molecule has 0 aromatic heterocycles. The summed E-state index contributed by atoms with van der Waals surface area (Å²) in [4.78, 5) is 24.9. The number of likely N-dealkylation sites (tertiary alicyclic amines) is 1. The molecule has 19 heavy (non-hydrogen) atoms. The van der Waals surface area contributed by atoms with Crippen LogP contribution in [0.25, 0.3) is 0 Å². The summed E-state index contributed by atoms with van der Waals surface area (Å²) in [7, 11) is 0. The first-order valence-electron chi connectivity index (χ1n) is 6.54. The fourth-order valence-corrected chi connectivity index (χ4v) is 2.30. The van der Waals surface area contributed by atoms with Gasteiger partial charge < -0.3 is 16.0 Å². The van der Waals surface area contributed by atoms with Crippen LogP contribution in [0, 0.1) is 0 Å². The highest BCUT2D eigenvalue weighted by atomic mass is 16.2. The van der Waals surface area contributed by atoms with Gasteiger partial charge in [-0.1, -0.05) is 18.2 Å². The van der Waals surface area contributed by atoms with E-state index in [4.69, 9.17) is 5.73 Å². The van der Waals surface area contributed by atoms with Crippen molar-refractivity contribution in [2.75, 3.05) is 19.6 Å². The smallest absolute Gasteiger partial charge is 0.249 e. The molecule has 0 saturated carbocycles. The number of carbonyl (C=O) groups is 2. The Labute approximate surface area is 112 Å². The number of amides is 2. The maximum Gasteiger partial charge on any atom is 0.249 e. The number of hydrogen-bond acceptors (Lipinski definition) is 3. The Balaban J connectivity index is 1.85. The second-order valence-electron chi connectivity index (χ2n) is 4.71. The molecule has 0 aliphatic carbocycles. The third-order valence-electron chi connectivity index (χ3n) is 3.33. The molecule has 0 atom stereocenters. The Morgan fingerprint density at radius 3 is 2.58 bits per heavy atom. The monoisotopic (exact) mass is 261 g/mol. The molecule has 5 nitrogen and oxygen atoms in total. The zero-order valence-electron chi connectivity index (χ0n) is 10.9. The average molecular weight is 261 g/mol. The van der Waals surface area contributed by atoms with E-state index in [1.807, 2.05) is 17.0 Å². The van der Waals surface area contributed by atoms with Crippen LogP contribution < -0.4 is 11.1 Å². The Hall–Kier alpha value is -1.88. The van der Waals surface area contributed by atoms with Crippen LogP contribution in [0.5, 0.6) is 0 Å². The van der Waals surface area contributed by atoms with E-state index in [0.29, 0.717) is 18.7 Å². The Morgan fingerprint density at radius 2 is 1.89 bits per heavy atom. The summed E-state index contributed by atoms with van der Waals surface area (Å²) in [6.45, 7) is 2.49. The summed E-state index contributed by atoms with van der Waals surface area (Å²) >= 11 is 0. The lowest BCUT2D eigenvalue weighted by atomic mass is 10.1. The van der Waals surface area contributed by atoms with Crippen LogP contribution in [0.1, 0.15) is 28.8 Å². The SMILES string of the molecule is NC(=O)c1ccccc1CNCC(=O)N1CCCC1. The molecule has 1 aliphatic heterocycles. The minimum absolute atomic E-state index is 0.119. The molecule has 1 aliphatic rings. The van der Waals surface area contributed by atoms with Crippen LogP contribution in [0.15, 0.2) is 24.3 Å². The van der Waals surface area contributed by atoms with E-state index < -0.39 is 5.91 Å². The maximum atomic E-state index is 11.8. The first-order chi connectivity index (χ1) is 9.18. The van der Waals surface area contributed by atoms with Gasteiger partial charge in [0.2, 0.25) is 11.8 Å². The van der Waals surface area contributed by atoms with Gasteiger partial charge in [0.25, 0.3) is 0 Å². The molecule has 5 heteroatoms. The molecule has 1 saturated heterocycles. The van der Waals surface area contributed by atoms with Crippen LogP contribution in [0.4, 0.5) is 0 Å². The van der Waals surface area contributed by atoms with Gasteiger partial charge in [0.15, 0.2) is 0 Å². The molecule has 3 N–H and O–H groups in total. The van der Waals surface area contributed by atoms with E-state index in [9.17, 15) is 9.59 Å². The van der Waals surface area contributed by atoms with E-state index in [1.54, 1.807) is 12.1 Å². The number of nitrogens with two attached hydrogens (primary N) is 1. The first-order valence-corrected chi connectivity index (χ1v) is 6.54. The summed E-state index contributed by atoms with van der Waals surface area (Å²) in [6.07, 6.45) is 2.19. The molecule has 1 aromatic carbocycles. The quantitative estimate of drug-likeness (QED) is 0.810. The van der Waals surface area contributed by atoms with Gasteiger partial charge in [0.05, 0.1) is 6.54 Å². The third-order valence-corrected chi connectivity index (χ3v) is 3.33. The van der Waals surface area contributed by atoms with Crippen molar-refractivity contribution in [1.82, 2.24) is 10.2 Å². The number of nitrogens with zero attached hydrogens (tertiary/aromatic N) is 1. The summed E-state index contributed by atoms with van der Waals surface area (Å²) in [5.41, 5.74) is 6.63. The van der Waals surface area contributed by atoms with Crippen molar-refractivity contribution in [3.8, 4) is 0 Å². The first kappa shape index (κ1) is 13.5. The van der Waals surface area contributed by atoms with Crippen LogP contribution in [-0.4, -0.2) is 36.3 Å². The van der Waals surface area contributed by atoms with Gasteiger partial charge in [-0.2, -0.15) is 0 Å². The molecule has 0 radical (unpaired) electrons. The van der Waals surface area contributed by atoms with Crippen molar-refractivity contribution in [1.29, 1.82) is 0 Å². The van der Waals surface area contributed by atoms with Crippen LogP contribution in [0.3, 0.4) is 0 Å². The number of hydrogen-bond donors (Lipinski definition) is 2. The summed E-state index contributed by atoms with van der Waals surface area (Å²) in [5.74, 6) is -0.322. The lowest BCUT2D eigenvalue weighted by Crippen LogP contribution is -2.36. The van der Waals surface area contributed by atoms with Gasteiger partial charge in [-0.05, 0) is 24.5 Å². The van der Waals surface area contributed by atoms with Gasteiger partial charge in [-0.25, -0.2) is 0 Å². The molecule has 1 fully saturated rings. The van der Waals surface area contributed by atoms with E-state index in [-0.39, 0.29) is 5.91 Å². The van der Waals surface area contributed by atoms with E-state index in [2.05, 4.69) is 5.32 Å². The van der Waals surface area contributed by atoms with Gasteiger partial charge in [-0.15, -0.1) is 0 Å². The molecule has 2 amide bonds. The van der Waals surface area contributed by atoms with Gasteiger partial charge in [0.1, 0.15) is 0 Å². The normalized spacial score (nSPS) is 14.6. The highest BCUT2D eigenvalue weighted by molar-refractivity contribution is 5.94. The maximum absolute atomic E-state index is 11.8. The van der Waals surface area contributed by atoms with Gasteiger partial charge in [0, 0.05) is 25.2 Å². The largest absolute Gasteiger partial charge is 0.366 e. The Kier molecular flexibility index (Phi) is 4.52. The van der Waals surface area contributed by atoms with Crippen molar-refractivity contribution < 1.29 is 9.59 Å². The number of carbonyl (C=O) groups excluding carboxylic acids is 2. The van der Waals surface area contributed by atoms with Crippen LogP contribution >= 0.6 is 0 Å². The Bertz CT molecular complexity index is 468. The number of benzene rings is 1. The molecule has 0 unspecified atom stereocenters. The van der Waals surface area contributed by atoms with Crippen LogP contribution in [0.2, 0.25) is 0 Å².